The number of ether oxygens (including phenoxy) is 1. The summed E-state index contributed by atoms with van der Waals surface area (Å²) in [7, 11) is 1.65. The van der Waals surface area contributed by atoms with Crippen molar-refractivity contribution < 1.29 is 9.84 Å². The summed E-state index contributed by atoms with van der Waals surface area (Å²) in [5.74, 6) is 1.18. The van der Waals surface area contributed by atoms with Crippen molar-refractivity contribution in [3.8, 4) is 5.75 Å². The Bertz CT molecular complexity index is 267. The largest absolute Gasteiger partial charge is 0.497 e. The number of nitrogens with one attached hydrogen (secondary N) is 1. The second-order valence-corrected chi connectivity index (χ2v) is 3.57. The fourth-order valence-corrected chi connectivity index (χ4v) is 1.31. The van der Waals surface area contributed by atoms with Crippen LogP contribution >= 0.6 is 0 Å². The highest BCUT2D eigenvalue weighted by Gasteiger charge is 2.03. The van der Waals surface area contributed by atoms with Crippen LogP contribution in [0.1, 0.15) is 13.3 Å². The van der Waals surface area contributed by atoms with E-state index in [0.29, 0.717) is 5.92 Å². The van der Waals surface area contributed by atoms with Crippen molar-refractivity contribution in [2.45, 2.75) is 13.3 Å². The second-order valence-electron chi connectivity index (χ2n) is 3.57. The molecule has 0 heterocycles. The van der Waals surface area contributed by atoms with E-state index in [0.717, 1.165) is 24.4 Å². The number of benzene rings is 1. The number of hydrogen-bond acceptors (Lipinski definition) is 3. The molecule has 0 aliphatic heterocycles. The number of rotatable bonds is 6. The van der Waals surface area contributed by atoms with E-state index in [-0.39, 0.29) is 6.61 Å². The first-order valence-corrected chi connectivity index (χ1v) is 5.29. The lowest BCUT2D eigenvalue weighted by atomic mass is 10.1. The molecule has 0 unspecified atom stereocenters. The molecule has 0 bridgehead atoms. The second kappa shape index (κ2) is 6.30. The summed E-state index contributed by atoms with van der Waals surface area (Å²) >= 11 is 0. The van der Waals surface area contributed by atoms with Crippen molar-refractivity contribution in [2.24, 2.45) is 5.92 Å². The summed E-state index contributed by atoms with van der Waals surface area (Å²) in [5, 5.41) is 12.3. The summed E-state index contributed by atoms with van der Waals surface area (Å²) < 4.78 is 5.07. The summed E-state index contributed by atoms with van der Waals surface area (Å²) in [4.78, 5) is 0. The minimum Gasteiger partial charge on any atom is -0.497 e. The molecule has 84 valence electrons. The first kappa shape index (κ1) is 11.9. The Morgan fingerprint density at radius 3 is 2.47 bits per heavy atom. The molecule has 0 fully saturated rings. The Balaban J connectivity index is 2.43. The maximum Gasteiger partial charge on any atom is 0.119 e. The van der Waals surface area contributed by atoms with E-state index < -0.39 is 0 Å². The minimum atomic E-state index is 0.236. The van der Waals surface area contributed by atoms with E-state index in [9.17, 15) is 0 Å². The standard InChI is InChI=1S/C12H19NO2/c1-3-10(9-14)8-13-11-4-6-12(15-2)7-5-11/h4-7,10,13-14H,3,8-9H2,1-2H3/t10-/m0/s1. The van der Waals surface area contributed by atoms with Gasteiger partial charge in [-0.25, -0.2) is 0 Å². The lowest BCUT2D eigenvalue weighted by molar-refractivity contribution is 0.230. The van der Waals surface area contributed by atoms with E-state index in [1.165, 1.54) is 0 Å². The van der Waals surface area contributed by atoms with Gasteiger partial charge < -0.3 is 15.2 Å². The van der Waals surface area contributed by atoms with E-state index in [4.69, 9.17) is 9.84 Å². The zero-order valence-corrected chi connectivity index (χ0v) is 9.36. The molecule has 2 N–H and O–H groups in total. The molecular weight excluding hydrogens is 190 g/mol. The van der Waals surface area contributed by atoms with Gasteiger partial charge in [0.1, 0.15) is 5.75 Å². The lowest BCUT2D eigenvalue weighted by Gasteiger charge is -2.13. The van der Waals surface area contributed by atoms with Crippen molar-refractivity contribution in [3.05, 3.63) is 24.3 Å². The van der Waals surface area contributed by atoms with Crippen LogP contribution in [0.5, 0.6) is 5.75 Å². The van der Waals surface area contributed by atoms with Crippen LogP contribution in [0.4, 0.5) is 5.69 Å². The molecule has 0 amide bonds. The highest BCUT2D eigenvalue weighted by Crippen LogP contribution is 2.15. The maximum absolute atomic E-state index is 9.03. The molecule has 3 nitrogen and oxygen atoms in total. The van der Waals surface area contributed by atoms with Gasteiger partial charge in [-0.1, -0.05) is 6.92 Å². The fraction of sp³-hybridized carbons (Fsp3) is 0.500. The Kier molecular flexibility index (Phi) is 4.98. The quantitative estimate of drug-likeness (QED) is 0.754. The molecule has 1 rings (SSSR count). The van der Waals surface area contributed by atoms with Crippen LogP contribution in [0.25, 0.3) is 0 Å². The molecule has 1 atom stereocenters. The Morgan fingerprint density at radius 1 is 1.33 bits per heavy atom. The monoisotopic (exact) mass is 209 g/mol. The van der Waals surface area contributed by atoms with Crippen LogP contribution in [0.2, 0.25) is 0 Å². The SMILES string of the molecule is CC[C@H](CO)CNc1ccc(OC)cc1. The van der Waals surface area contributed by atoms with E-state index in [2.05, 4.69) is 12.2 Å². The van der Waals surface area contributed by atoms with Crippen LogP contribution in [-0.4, -0.2) is 25.4 Å². The number of anilines is 1. The molecule has 0 aromatic heterocycles. The summed E-state index contributed by atoms with van der Waals surface area (Å²) in [5.41, 5.74) is 1.06. The van der Waals surface area contributed by atoms with Gasteiger partial charge in [-0.2, -0.15) is 0 Å². The van der Waals surface area contributed by atoms with Crippen molar-refractivity contribution in [1.82, 2.24) is 0 Å². The molecule has 0 spiro atoms. The first-order chi connectivity index (χ1) is 7.30. The van der Waals surface area contributed by atoms with Crippen molar-refractivity contribution in [1.29, 1.82) is 0 Å². The van der Waals surface area contributed by atoms with Gasteiger partial charge >= 0.3 is 0 Å². The third-order valence-electron chi connectivity index (χ3n) is 2.52. The van der Waals surface area contributed by atoms with Crippen LogP contribution in [0, 0.1) is 5.92 Å². The van der Waals surface area contributed by atoms with E-state index >= 15 is 0 Å². The Labute approximate surface area is 91.1 Å². The van der Waals surface area contributed by atoms with Crippen molar-refractivity contribution in [3.63, 3.8) is 0 Å². The van der Waals surface area contributed by atoms with Crippen LogP contribution in [0.15, 0.2) is 24.3 Å². The number of aliphatic hydroxyl groups is 1. The van der Waals surface area contributed by atoms with E-state index in [1.54, 1.807) is 7.11 Å². The average molecular weight is 209 g/mol. The smallest absolute Gasteiger partial charge is 0.119 e. The lowest BCUT2D eigenvalue weighted by Crippen LogP contribution is -2.16. The van der Waals surface area contributed by atoms with Crippen molar-refractivity contribution in [2.75, 3.05) is 25.6 Å². The minimum absolute atomic E-state index is 0.236. The Hall–Kier alpha value is -1.22. The fourth-order valence-electron chi connectivity index (χ4n) is 1.31. The van der Waals surface area contributed by atoms with Crippen LogP contribution in [-0.2, 0) is 0 Å². The normalized spacial score (nSPS) is 12.2. The molecular formula is C12H19NO2. The third-order valence-corrected chi connectivity index (χ3v) is 2.52. The van der Waals surface area contributed by atoms with Crippen LogP contribution < -0.4 is 10.1 Å². The van der Waals surface area contributed by atoms with Gasteiger partial charge in [0, 0.05) is 18.8 Å². The van der Waals surface area contributed by atoms with Gasteiger partial charge in [0.05, 0.1) is 7.11 Å². The molecule has 1 aromatic rings. The summed E-state index contributed by atoms with van der Waals surface area (Å²) in [6, 6.07) is 7.79. The molecule has 0 saturated heterocycles. The van der Waals surface area contributed by atoms with Gasteiger partial charge in [0.2, 0.25) is 0 Å². The number of aliphatic hydroxyl groups excluding tert-OH is 1. The summed E-state index contributed by atoms with van der Waals surface area (Å²) in [6.07, 6.45) is 0.986. The van der Waals surface area contributed by atoms with Gasteiger partial charge in [-0.05, 0) is 36.6 Å². The first-order valence-electron chi connectivity index (χ1n) is 5.29. The topological polar surface area (TPSA) is 41.5 Å². The molecule has 1 aromatic carbocycles. The molecule has 0 saturated carbocycles. The average Bonchev–Trinajstić information content (AvgIpc) is 2.31. The Morgan fingerprint density at radius 2 is 2.00 bits per heavy atom. The molecule has 0 aliphatic rings. The number of hydrogen-bond donors (Lipinski definition) is 2. The van der Waals surface area contributed by atoms with E-state index in [1.807, 2.05) is 24.3 Å². The highest BCUT2D eigenvalue weighted by atomic mass is 16.5. The summed E-state index contributed by atoms with van der Waals surface area (Å²) in [6.45, 7) is 3.12. The molecule has 0 aliphatic carbocycles. The van der Waals surface area contributed by atoms with Gasteiger partial charge in [0.15, 0.2) is 0 Å². The molecule has 3 heteroatoms. The number of methoxy groups -OCH3 is 1. The van der Waals surface area contributed by atoms with Crippen LogP contribution in [0.3, 0.4) is 0 Å². The predicted molar refractivity (Wildman–Crippen MR) is 62.4 cm³/mol. The molecule has 15 heavy (non-hydrogen) atoms. The zero-order chi connectivity index (χ0) is 11.1. The predicted octanol–water partition coefficient (Wildman–Crippen LogP) is 2.13. The van der Waals surface area contributed by atoms with Gasteiger partial charge in [0.25, 0.3) is 0 Å². The highest BCUT2D eigenvalue weighted by molar-refractivity contribution is 5.46. The zero-order valence-electron chi connectivity index (χ0n) is 9.36. The molecule has 0 radical (unpaired) electrons. The van der Waals surface area contributed by atoms with Gasteiger partial charge in [-0.3, -0.25) is 0 Å². The maximum atomic E-state index is 9.03. The third kappa shape index (κ3) is 3.80. The van der Waals surface area contributed by atoms with Crippen molar-refractivity contribution >= 4 is 5.69 Å². The van der Waals surface area contributed by atoms with Gasteiger partial charge in [-0.15, -0.1) is 0 Å².